The fourth-order valence-electron chi connectivity index (χ4n) is 4.79. The third kappa shape index (κ3) is 39.2. The summed E-state index contributed by atoms with van der Waals surface area (Å²) in [6.45, 7) is 0.158. The van der Waals surface area contributed by atoms with Crippen LogP contribution in [0.5, 0.6) is 0 Å². The number of hydrogen-bond acceptors (Lipinski definition) is 13. The van der Waals surface area contributed by atoms with Crippen molar-refractivity contribution < 1.29 is 71.4 Å². The van der Waals surface area contributed by atoms with Crippen LogP contribution in [-0.4, -0.2) is 95.0 Å². The highest BCUT2D eigenvalue weighted by Gasteiger charge is 2.28. The lowest BCUT2D eigenvalue weighted by Gasteiger charge is -2.19. The van der Waals surface area contributed by atoms with Crippen molar-refractivity contribution in [2.75, 3.05) is 39.6 Å². The van der Waals surface area contributed by atoms with Crippen molar-refractivity contribution >= 4 is 27.6 Å². The molecule has 0 fully saturated rings. The molecule has 17 heteroatoms. The molecule has 0 saturated carbocycles. The number of carbonyl (C=O) groups is 2. The van der Waals surface area contributed by atoms with Crippen LogP contribution in [-0.2, 0) is 46.3 Å². The van der Waals surface area contributed by atoms with E-state index in [1.165, 1.54) is 12.8 Å². The van der Waals surface area contributed by atoms with Gasteiger partial charge in [-0.05, 0) is 51.4 Å². The van der Waals surface area contributed by atoms with Crippen LogP contribution in [0, 0.1) is 0 Å². The van der Waals surface area contributed by atoms with E-state index in [9.17, 15) is 43.8 Å². The largest absolute Gasteiger partial charge is 0.472 e. The van der Waals surface area contributed by atoms with Gasteiger partial charge < -0.3 is 34.6 Å². The summed E-state index contributed by atoms with van der Waals surface area (Å²) in [5, 5.41) is 29.9. The third-order valence-electron chi connectivity index (χ3n) is 8.05. The molecule has 0 aromatic carbocycles. The van der Waals surface area contributed by atoms with Crippen molar-refractivity contribution in [2.45, 2.75) is 148 Å². The Morgan fingerprint density at radius 3 is 1.24 bits per heavy atom. The molecule has 0 aromatic heterocycles. The number of phosphoric ester groups is 2. The fraction of sp³-hybridized carbons (Fsp3) is 0.707. The zero-order chi connectivity index (χ0) is 43.2. The molecule has 0 aromatic rings. The summed E-state index contributed by atoms with van der Waals surface area (Å²) in [6, 6.07) is 0. The number of carbonyl (C=O) groups excluding carboxylic acids is 2. The van der Waals surface area contributed by atoms with Crippen LogP contribution in [0.4, 0.5) is 0 Å². The molecule has 0 aliphatic rings. The predicted octanol–water partition coefficient (Wildman–Crippen LogP) is 8.27. The van der Waals surface area contributed by atoms with Gasteiger partial charge in [-0.1, -0.05) is 126 Å². The zero-order valence-electron chi connectivity index (χ0n) is 34.7. The van der Waals surface area contributed by atoms with Crippen molar-refractivity contribution in [3.8, 4) is 0 Å². The quantitative estimate of drug-likeness (QED) is 0.0129. The van der Waals surface area contributed by atoms with Crippen molar-refractivity contribution in [3.05, 3.63) is 60.8 Å². The third-order valence-corrected chi connectivity index (χ3v) is 9.95. The number of unbranched alkanes of at least 4 members (excludes halogenated alkanes) is 12. The van der Waals surface area contributed by atoms with Gasteiger partial charge in [0.25, 0.3) is 0 Å². The van der Waals surface area contributed by atoms with Crippen LogP contribution in [0.3, 0.4) is 0 Å². The van der Waals surface area contributed by atoms with Gasteiger partial charge in [0.1, 0.15) is 31.5 Å². The standard InChI is InChI=1S/C41H72O15P2/c1-3-5-7-9-11-13-15-16-17-18-20-22-24-26-28-30-41(46)52-32-38(43)34-54-58(49,50)56-36-39(44)35-55-57(47,48)53-33-37(42)31-51-40(45)29-27-25-23-21-19-14-12-10-8-6-4-2/h5,7,9-13,15-17,37-39,42-44H,3-4,6,8,14,18-36H2,1-2H3,(H,47,48)(H,49,50)/b7-5+,11-9+,12-10-,15-13+,17-16-. The molecule has 336 valence electrons. The summed E-state index contributed by atoms with van der Waals surface area (Å²) < 4.78 is 52.7. The van der Waals surface area contributed by atoms with Crippen molar-refractivity contribution in [3.63, 3.8) is 0 Å². The van der Waals surface area contributed by atoms with E-state index < -0.39 is 85.5 Å². The topological polar surface area (TPSA) is 225 Å². The Morgan fingerprint density at radius 1 is 0.466 bits per heavy atom. The van der Waals surface area contributed by atoms with Gasteiger partial charge in [-0.2, -0.15) is 0 Å². The number of aliphatic hydroxyl groups is 3. The molecule has 0 amide bonds. The molecule has 0 spiro atoms. The van der Waals surface area contributed by atoms with E-state index in [1.54, 1.807) is 0 Å². The Hall–Kier alpha value is -2.26. The Balaban J connectivity index is 3.99. The van der Waals surface area contributed by atoms with Crippen LogP contribution < -0.4 is 0 Å². The minimum atomic E-state index is -4.79. The average Bonchev–Trinajstić information content (AvgIpc) is 3.19. The highest BCUT2D eigenvalue weighted by molar-refractivity contribution is 7.47. The van der Waals surface area contributed by atoms with Gasteiger partial charge in [0, 0.05) is 12.8 Å². The first-order chi connectivity index (χ1) is 27.8. The monoisotopic (exact) mass is 866 g/mol. The molecule has 0 heterocycles. The van der Waals surface area contributed by atoms with Crippen LogP contribution in [0.1, 0.15) is 129 Å². The van der Waals surface area contributed by atoms with Gasteiger partial charge in [-0.3, -0.25) is 27.7 Å². The van der Waals surface area contributed by atoms with Gasteiger partial charge in [0.15, 0.2) is 0 Å². The molecule has 0 aliphatic heterocycles. The molecule has 0 bridgehead atoms. The minimum Gasteiger partial charge on any atom is -0.463 e. The van der Waals surface area contributed by atoms with Crippen LogP contribution in [0.25, 0.3) is 0 Å². The first-order valence-corrected chi connectivity index (χ1v) is 23.7. The average molecular weight is 867 g/mol. The summed E-state index contributed by atoms with van der Waals surface area (Å²) in [6.07, 6.45) is 32.3. The van der Waals surface area contributed by atoms with Gasteiger partial charge in [-0.25, -0.2) is 9.13 Å². The highest BCUT2D eigenvalue weighted by Crippen LogP contribution is 2.45. The maximum Gasteiger partial charge on any atom is 0.472 e. The Kier molecular flexibility index (Phi) is 36.2. The summed E-state index contributed by atoms with van der Waals surface area (Å²) in [4.78, 5) is 43.5. The first kappa shape index (κ1) is 55.7. The van der Waals surface area contributed by atoms with E-state index in [1.807, 2.05) is 36.5 Å². The molecular weight excluding hydrogens is 794 g/mol. The van der Waals surface area contributed by atoms with Gasteiger partial charge in [0.05, 0.1) is 26.4 Å². The lowest BCUT2D eigenvalue weighted by molar-refractivity contribution is -0.148. The van der Waals surface area contributed by atoms with Crippen LogP contribution >= 0.6 is 15.6 Å². The molecule has 0 aliphatic carbocycles. The smallest absolute Gasteiger partial charge is 0.463 e. The summed E-state index contributed by atoms with van der Waals surface area (Å²) >= 11 is 0. The second kappa shape index (κ2) is 37.7. The molecule has 58 heavy (non-hydrogen) atoms. The van der Waals surface area contributed by atoms with E-state index >= 15 is 0 Å². The van der Waals surface area contributed by atoms with Crippen molar-refractivity contribution in [1.29, 1.82) is 0 Å². The summed E-state index contributed by atoms with van der Waals surface area (Å²) in [5.41, 5.74) is 0. The van der Waals surface area contributed by atoms with Crippen LogP contribution in [0.15, 0.2) is 60.8 Å². The Bertz CT molecular complexity index is 1280. The normalized spacial score (nSPS) is 16.1. The Morgan fingerprint density at radius 2 is 0.810 bits per heavy atom. The number of rotatable bonds is 39. The van der Waals surface area contributed by atoms with E-state index in [0.29, 0.717) is 12.8 Å². The molecule has 0 saturated heterocycles. The van der Waals surface area contributed by atoms with E-state index in [2.05, 4.69) is 56.2 Å². The zero-order valence-corrected chi connectivity index (χ0v) is 36.5. The number of allylic oxidation sites excluding steroid dienone is 10. The maximum atomic E-state index is 12.1. The number of hydrogen-bond donors (Lipinski definition) is 5. The van der Waals surface area contributed by atoms with Gasteiger partial charge in [-0.15, -0.1) is 0 Å². The molecule has 5 unspecified atom stereocenters. The highest BCUT2D eigenvalue weighted by atomic mass is 31.2. The molecule has 5 atom stereocenters. The molecule has 0 rings (SSSR count). The molecule has 15 nitrogen and oxygen atoms in total. The van der Waals surface area contributed by atoms with Crippen molar-refractivity contribution in [2.24, 2.45) is 0 Å². The number of phosphoric acid groups is 2. The molecule has 0 radical (unpaired) electrons. The van der Waals surface area contributed by atoms with E-state index in [-0.39, 0.29) is 12.8 Å². The lowest BCUT2D eigenvalue weighted by atomic mass is 10.1. The fourth-order valence-corrected chi connectivity index (χ4v) is 6.38. The summed E-state index contributed by atoms with van der Waals surface area (Å²) in [7, 11) is -9.57. The number of ether oxygens (including phenoxy) is 2. The first-order valence-electron chi connectivity index (χ1n) is 20.7. The molecular formula is C41H72O15P2. The number of aliphatic hydroxyl groups excluding tert-OH is 3. The Labute approximate surface area is 346 Å². The van der Waals surface area contributed by atoms with Gasteiger partial charge >= 0.3 is 27.6 Å². The predicted molar refractivity (Wildman–Crippen MR) is 224 cm³/mol. The minimum absolute atomic E-state index is 0.168. The molecule has 5 N–H and O–H groups in total. The van der Waals surface area contributed by atoms with Gasteiger partial charge in [0.2, 0.25) is 0 Å². The van der Waals surface area contributed by atoms with E-state index in [0.717, 1.165) is 77.0 Å². The number of esters is 2. The van der Waals surface area contributed by atoms with Crippen molar-refractivity contribution in [1.82, 2.24) is 0 Å². The SMILES string of the molecule is CC/C=C/C=C/C=C/C=C\CCCCCCCC(=O)OCC(O)COP(=O)(O)OCC(O)COP(=O)(O)OCC(O)COC(=O)CCCCCCC/C=C\CCCC. The van der Waals surface area contributed by atoms with E-state index in [4.69, 9.17) is 9.47 Å². The lowest BCUT2D eigenvalue weighted by Crippen LogP contribution is -2.25. The second-order valence-electron chi connectivity index (χ2n) is 13.7. The maximum absolute atomic E-state index is 12.1. The second-order valence-corrected chi connectivity index (χ2v) is 16.6. The summed E-state index contributed by atoms with van der Waals surface area (Å²) in [5.74, 6) is -1.03. The van der Waals surface area contributed by atoms with Crippen LogP contribution in [0.2, 0.25) is 0 Å².